The molecule has 0 aliphatic heterocycles. The van der Waals surface area contributed by atoms with Crippen LogP contribution in [0, 0.1) is 11.8 Å². The van der Waals surface area contributed by atoms with Crippen LogP contribution in [0.25, 0.3) is 0 Å². The highest BCUT2D eigenvalue weighted by molar-refractivity contribution is 5.79. The van der Waals surface area contributed by atoms with Crippen molar-refractivity contribution in [1.29, 1.82) is 0 Å². The molecule has 0 rings (SSSR count). The van der Waals surface area contributed by atoms with Crippen LogP contribution in [0.4, 0.5) is 13.2 Å². The Morgan fingerprint density at radius 1 is 1.21 bits per heavy atom. The second-order valence-corrected chi connectivity index (χ2v) is 5.14. The van der Waals surface area contributed by atoms with Crippen molar-refractivity contribution in [2.75, 3.05) is 13.1 Å². The normalized spacial score (nSPS) is 14.0. The lowest BCUT2D eigenvalue weighted by molar-refractivity contribution is -0.169. The summed E-state index contributed by atoms with van der Waals surface area (Å²) in [5.74, 6) is -1.10. The number of carbonyl (C=O) groups is 1. The number of alkyl halides is 3. The SMILES string of the molecule is CCC(CC)N(CC(F)(F)F)C(=O)C(CN)C(C)C. The van der Waals surface area contributed by atoms with Crippen LogP contribution in [-0.2, 0) is 4.79 Å². The van der Waals surface area contributed by atoms with Crippen molar-refractivity contribution in [2.45, 2.75) is 52.8 Å². The maximum atomic E-state index is 12.6. The predicted molar refractivity (Wildman–Crippen MR) is 69.5 cm³/mol. The molecule has 0 saturated heterocycles. The highest BCUT2D eigenvalue weighted by Gasteiger charge is 2.38. The molecule has 6 heteroatoms. The molecule has 0 bridgehead atoms. The lowest BCUT2D eigenvalue weighted by atomic mass is 9.93. The Hall–Kier alpha value is -0.780. The Morgan fingerprint density at radius 2 is 1.68 bits per heavy atom. The molecule has 114 valence electrons. The van der Waals surface area contributed by atoms with Crippen LogP contribution in [0.2, 0.25) is 0 Å². The van der Waals surface area contributed by atoms with Crippen molar-refractivity contribution in [2.24, 2.45) is 17.6 Å². The molecule has 1 atom stereocenters. The second kappa shape index (κ2) is 7.72. The standard InChI is InChI=1S/C13H25F3N2O/c1-5-10(6-2)18(8-13(14,15)16)12(19)11(7-17)9(3)4/h9-11H,5-8,17H2,1-4H3. The van der Waals surface area contributed by atoms with Gasteiger partial charge in [-0.1, -0.05) is 27.7 Å². The highest BCUT2D eigenvalue weighted by atomic mass is 19.4. The van der Waals surface area contributed by atoms with Crippen LogP contribution < -0.4 is 5.73 Å². The van der Waals surface area contributed by atoms with Gasteiger partial charge in [0.05, 0.1) is 5.92 Å². The monoisotopic (exact) mass is 282 g/mol. The number of nitrogens with two attached hydrogens (primary N) is 1. The summed E-state index contributed by atoms with van der Waals surface area (Å²) in [4.78, 5) is 13.3. The zero-order valence-corrected chi connectivity index (χ0v) is 12.1. The first-order chi connectivity index (χ1) is 8.67. The smallest absolute Gasteiger partial charge is 0.330 e. The number of halogens is 3. The van der Waals surface area contributed by atoms with E-state index in [4.69, 9.17) is 5.73 Å². The zero-order chi connectivity index (χ0) is 15.2. The van der Waals surface area contributed by atoms with E-state index in [9.17, 15) is 18.0 Å². The van der Waals surface area contributed by atoms with Crippen molar-refractivity contribution in [3.63, 3.8) is 0 Å². The van der Waals surface area contributed by atoms with E-state index in [2.05, 4.69) is 0 Å². The fourth-order valence-corrected chi connectivity index (χ4v) is 2.18. The molecule has 0 aromatic carbocycles. The highest BCUT2D eigenvalue weighted by Crippen LogP contribution is 2.24. The molecule has 0 heterocycles. The quantitative estimate of drug-likeness (QED) is 0.780. The van der Waals surface area contributed by atoms with E-state index in [1.165, 1.54) is 0 Å². The van der Waals surface area contributed by atoms with Gasteiger partial charge in [0, 0.05) is 12.6 Å². The van der Waals surface area contributed by atoms with E-state index in [-0.39, 0.29) is 18.5 Å². The van der Waals surface area contributed by atoms with Crippen LogP contribution in [0.1, 0.15) is 40.5 Å². The molecular weight excluding hydrogens is 257 g/mol. The van der Waals surface area contributed by atoms with Crippen LogP contribution in [0.15, 0.2) is 0 Å². The first kappa shape index (κ1) is 18.2. The zero-order valence-electron chi connectivity index (χ0n) is 12.1. The minimum Gasteiger partial charge on any atom is -0.330 e. The molecule has 1 unspecified atom stereocenters. The van der Waals surface area contributed by atoms with E-state index in [1.807, 2.05) is 0 Å². The van der Waals surface area contributed by atoms with Crippen molar-refractivity contribution in [3.8, 4) is 0 Å². The number of rotatable bonds is 7. The predicted octanol–water partition coefficient (Wildman–Crippen LogP) is 2.80. The molecule has 0 spiro atoms. The third kappa shape index (κ3) is 5.80. The van der Waals surface area contributed by atoms with Crippen LogP contribution in [0.5, 0.6) is 0 Å². The first-order valence-electron chi connectivity index (χ1n) is 6.75. The molecule has 0 radical (unpaired) electrons. The Kier molecular flexibility index (Phi) is 7.41. The Bertz CT molecular complexity index is 276. The summed E-state index contributed by atoms with van der Waals surface area (Å²) in [7, 11) is 0. The van der Waals surface area contributed by atoms with Gasteiger partial charge in [0.15, 0.2) is 0 Å². The molecular formula is C13H25F3N2O. The third-order valence-electron chi connectivity index (χ3n) is 3.39. The number of nitrogens with zero attached hydrogens (tertiary/aromatic N) is 1. The third-order valence-corrected chi connectivity index (χ3v) is 3.39. The van der Waals surface area contributed by atoms with Crippen molar-refractivity contribution < 1.29 is 18.0 Å². The minimum atomic E-state index is -4.38. The summed E-state index contributed by atoms with van der Waals surface area (Å²) in [6.45, 7) is 6.06. The van der Waals surface area contributed by atoms with Gasteiger partial charge in [-0.15, -0.1) is 0 Å². The average molecular weight is 282 g/mol. The average Bonchev–Trinajstić information content (AvgIpc) is 2.27. The summed E-state index contributed by atoms with van der Waals surface area (Å²) in [5.41, 5.74) is 5.53. The van der Waals surface area contributed by atoms with Gasteiger partial charge in [-0.05, 0) is 18.8 Å². The molecule has 0 aromatic heterocycles. The fourth-order valence-electron chi connectivity index (χ4n) is 2.18. The Labute approximate surface area is 113 Å². The lowest BCUT2D eigenvalue weighted by Crippen LogP contribution is -2.50. The molecule has 3 nitrogen and oxygen atoms in total. The topological polar surface area (TPSA) is 46.3 Å². The lowest BCUT2D eigenvalue weighted by Gasteiger charge is -2.35. The summed E-state index contributed by atoms with van der Waals surface area (Å²) in [6, 6.07) is -0.387. The van der Waals surface area contributed by atoms with Crippen LogP contribution >= 0.6 is 0 Å². The second-order valence-electron chi connectivity index (χ2n) is 5.14. The number of hydrogen-bond acceptors (Lipinski definition) is 2. The van der Waals surface area contributed by atoms with Crippen molar-refractivity contribution >= 4 is 5.91 Å². The van der Waals surface area contributed by atoms with Gasteiger partial charge in [0.2, 0.25) is 5.91 Å². The van der Waals surface area contributed by atoms with Gasteiger partial charge < -0.3 is 10.6 Å². The number of hydrogen-bond donors (Lipinski definition) is 1. The summed E-state index contributed by atoms with van der Waals surface area (Å²) < 4.78 is 37.9. The maximum absolute atomic E-state index is 12.6. The van der Waals surface area contributed by atoms with E-state index in [0.717, 1.165) is 4.90 Å². The minimum absolute atomic E-state index is 0.0670. The molecule has 2 N–H and O–H groups in total. The van der Waals surface area contributed by atoms with Crippen LogP contribution in [-0.4, -0.2) is 36.1 Å². The van der Waals surface area contributed by atoms with E-state index in [0.29, 0.717) is 12.8 Å². The molecule has 0 aromatic rings. The van der Waals surface area contributed by atoms with Gasteiger partial charge in [-0.25, -0.2) is 0 Å². The van der Waals surface area contributed by atoms with Gasteiger partial charge in [0.1, 0.15) is 6.54 Å². The van der Waals surface area contributed by atoms with Gasteiger partial charge in [0.25, 0.3) is 0 Å². The summed E-state index contributed by atoms with van der Waals surface area (Å²) in [5, 5.41) is 0. The largest absolute Gasteiger partial charge is 0.406 e. The van der Waals surface area contributed by atoms with E-state index >= 15 is 0 Å². The molecule has 0 fully saturated rings. The van der Waals surface area contributed by atoms with Gasteiger partial charge >= 0.3 is 6.18 Å². The van der Waals surface area contributed by atoms with Gasteiger partial charge in [-0.2, -0.15) is 13.2 Å². The molecule has 1 amide bonds. The van der Waals surface area contributed by atoms with Gasteiger partial charge in [-0.3, -0.25) is 4.79 Å². The summed E-state index contributed by atoms with van der Waals surface area (Å²) in [6.07, 6.45) is -3.37. The van der Waals surface area contributed by atoms with Crippen molar-refractivity contribution in [1.82, 2.24) is 4.90 Å². The molecule has 19 heavy (non-hydrogen) atoms. The van der Waals surface area contributed by atoms with E-state index in [1.54, 1.807) is 27.7 Å². The number of amides is 1. The first-order valence-corrected chi connectivity index (χ1v) is 6.75. The van der Waals surface area contributed by atoms with Crippen molar-refractivity contribution in [3.05, 3.63) is 0 Å². The maximum Gasteiger partial charge on any atom is 0.406 e. The van der Waals surface area contributed by atoms with E-state index < -0.39 is 24.5 Å². The summed E-state index contributed by atoms with van der Waals surface area (Å²) >= 11 is 0. The molecule has 0 aliphatic rings. The fraction of sp³-hybridized carbons (Fsp3) is 0.923. The molecule has 0 saturated carbocycles. The van der Waals surface area contributed by atoms with Crippen LogP contribution in [0.3, 0.4) is 0 Å². The number of carbonyl (C=O) groups excluding carboxylic acids is 1. The Morgan fingerprint density at radius 3 is 1.95 bits per heavy atom. The Balaban J connectivity index is 5.16. The molecule has 0 aliphatic carbocycles.